The second kappa shape index (κ2) is 8.98. The van der Waals surface area contributed by atoms with E-state index in [1.165, 1.54) is 12.2 Å². The molecule has 0 atom stereocenters. The van der Waals surface area contributed by atoms with Crippen molar-refractivity contribution in [3.8, 4) is 12.1 Å². The van der Waals surface area contributed by atoms with Gasteiger partial charge in [0, 0.05) is 28.4 Å². The zero-order chi connectivity index (χ0) is 22.5. The first-order valence-electron chi connectivity index (χ1n) is 9.65. The van der Waals surface area contributed by atoms with Crippen LogP contribution in [0.3, 0.4) is 0 Å². The molecular weight excluding hydrogens is 394 g/mol. The summed E-state index contributed by atoms with van der Waals surface area (Å²) in [5, 5.41) is 38.1. The maximum absolute atomic E-state index is 11.2. The van der Waals surface area contributed by atoms with Gasteiger partial charge in [-0.15, -0.1) is 0 Å². The Kier molecular flexibility index (Phi) is 6.18. The van der Waals surface area contributed by atoms with E-state index in [2.05, 4.69) is 11.5 Å². The van der Waals surface area contributed by atoms with Crippen molar-refractivity contribution in [2.24, 2.45) is 0 Å². The lowest BCUT2D eigenvalue weighted by molar-refractivity contribution is -0.133. The summed E-state index contributed by atoms with van der Waals surface area (Å²) in [7, 11) is 0. The number of unbranched alkanes of at least 4 members (excludes halogenated alkanes) is 1. The van der Waals surface area contributed by atoms with Crippen LogP contribution >= 0.6 is 0 Å². The standard InChI is InChI=1S/C24H19N3O4/c1-2-3-8-27-21-6-4-15(9-17(13-25)23(28)29)11-19(21)20-12-16(5-7-22(20)27)10-18(14-26)24(30)31/h4-7,9-12H,2-3,8H2,1H3,(H,28,29)(H,30,31)/b17-9-,18-10-. The van der Waals surface area contributed by atoms with E-state index in [0.29, 0.717) is 11.1 Å². The van der Waals surface area contributed by atoms with Crippen LogP contribution in [-0.4, -0.2) is 26.7 Å². The third-order valence-corrected chi connectivity index (χ3v) is 4.97. The van der Waals surface area contributed by atoms with Crippen LogP contribution in [-0.2, 0) is 16.1 Å². The number of hydrogen-bond acceptors (Lipinski definition) is 4. The smallest absolute Gasteiger partial charge is 0.346 e. The van der Waals surface area contributed by atoms with E-state index < -0.39 is 11.9 Å². The molecule has 0 amide bonds. The predicted octanol–water partition coefficient (Wildman–Crippen LogP) is 4.58. The van der Waals surface area contributed by atoms with Crippen molar-refractivity contribution < 1.29 is 19.8 Å². The number of carboxylic acids is 2. The molecule has 7 nitrogen and oxygen atoms in total. The Bertz CT molecular complexity index is 1250. The van der Waals surface area contributed by atoms with Gasteiger partial charge in [0.2, 0.25) is 0 Å². The van der Waals surface area contributed by atoms with Gasteiger partial charge >= 0.3 is 11.9 Å². The topological polar surface area (TPSA) is 127 Å². The highest BCUT2D eigenvalue weighted by Crippen LogP contribution is 2.32. The average Bonchev–Trinajstić information content (AvgIpc) is 3.06. The molecular formula is C24H19N3O4. The molecule has 3 aromatic rings. The van der Waals surface area contributed by atoms with Gasteiger partial charge in [-0.2, -0.15) is 10.5 Å². The summed E-state index contributed by atoms with van der Waals surface area (Å²) in [6.07, 6.45) is 4.62. The van der Waals surface area contributed by atoms with Gasteiger partial charge in [-0.05, 0) is 54.0 Å². The minimum Gasteiger partial charge on any atom is -0.477 e. The summed E-state index contributed by atoms with van der Waals surface area (Å²) in [6.45, 7) is 2.89. The maximum Gasteiger partial charge on any atom is 0.346 e. The molecule has 1 heterocycles. The molecule has 0 saturated carbocycles. The maximum atomic E-state index is 11.2. The Morgan fingerprint density at radius 2 is 1.35 bits per heavy atom. The van der Waals surface area contributed by atoms with Crippen LogP contribution in [0.4, 0.5) is 0 Å². The Labute approximate surface area is 178 Å². The number of aliphatic carboxylic acids is 2. The Morgan fingerprint density at radius 1 is 0.903 bits per heavy atom. The van der Waals surface area contributed by atoms with Crippen LogP contribution in [0, 0.1) is 22.7 Å². The van der Waals surface area contributed by atoms with E-state index >= 15 is 0 Å². The van der Waals surface area contributed by atoms with Crippen LogP contribution in [0.15, 0.2) is 47.5 Å². The minimum atomic E-state index is -1.29. The number of nitrogens with zero attached hydrogens (tertiary/aromatic N) is 3. The van der Waals surface area contributed by atoms with Crippen molar-refractivity contribution in [3.05, 3.63) is 58.7 Å². The molecule has 0 radical (unpaired) electrons. The zero-order valence-electron chi connectivity index (χ0n) is 16.8. The van der Waals surface area contributed by atoms with Gasteiger partial charge in [-0.3, -0.25) is 0 Å². The monoisotopic (exact) mass is 413 g/mol. The van der Waals surface area contributed by atoms with Crippen LogP contribution in [0.5, 0.6) is 0 Å². The highest BCUT2D eigenvalue weighted by atomic mass is 16.4. The largest absolute Gasteiger partial charge is 0.477 e. The number of nitriles is 2. The van der Waals surface area contributed by atoms with Crippen molar-refractivity contribution >= 4 is 45.9 Å². The third-order valence-electron chi connectivity index (χ3n) is 4.97. The average molecular weight is 413 g/mol. The molecule has 0 aliphatic heterocycles. The van der Waals surface area contributed by atoms with Crippen molar-refractivity contribution in [2.45, 2.75) is 26.3 Å². The van der Waals surface area contributed by atoms with Gasteiger partial charge in [0.15, 0.2) is 0 Å². The summed E-state index contributed by atoms with van der Waals surface area (Å²) < 4.78 is 2.17. The number of hydrogen-bond donors (Lipinski definition) is 2. The molecule has 1 aromatic heterocycles. The van der Waals surface area contributed by atoms with Crippen molar-refractivity contribution in [1.29, 1.82) is 10.5 Å². The van der Waals surface area contributed by atoms with Crippen molar-refractivity contribution in [3.63, 3.8) is 0 Å². The summed E-state index contributed by atoms with van der Waals surface area (Å²) in [5.41, 5.74) is 2.33. The molecule has 0 unspecified atom stereocenters. The van der Waals surface area contributed by atoms with E-state index in [4.69, 9.17) is 20.7 Å². The molecule has 0 spiro atoms. The van der Waals surface area contributed by atoms with E-state index in [1.807, 2.05) is 24.3 Å². The highest BCUT2D eigenvalue weighted by Gasteiger charge is 2.13. The SMILES string of the molecule is CCCCn1c2ccc(/C=C(/C#N)C(=O)O)cc2c2cc(/C=C(/C#N)C(=O)O)ccc21. The molecule has 7 heteroatoms. The van der Waals surface area contributed by atoms with Crippen molar-refractivity contribution in [1.82, 2.24) is 4.57 Å². The fraction of sp³-hybridized carbons (Fsp3) is 0.167. The Morgan fingerprint density at radius 3 is 1.71 bits per heavy atom. The molecule has 3 rings (SSSR count). The Hall–Kier alpha value is -4.36. The number of carbonyl (C=O) groups is 2. The van der Waals surface area contributed by atoms with Crippen LogP contribution in [0.25, 0.3) is 34.0 Å². The fourth-order valence-electron chi connectivity index (χ4n) is 3.49. The number of benzene rings is 2. The van der Waals surface area contributed by atoms with Gasteiger partial charge in [0.25, 0.3) is 0 Å². The summed E-state index contributed by atoms with van der Waals surface area (Å²) in [4.78, 5) is 22.4. The van der Waals surface area contributed by atoms with Crippen molar-refractivity contribution in [2.75, 3.05) is 0 Å². The zero-order valence-corrected chi connectivity index (χ0v) is 16.8. The van der Waals surface area contributed by atoms with Gasteiger partial charge < -0.3 is 14.8 Å². The lowest BCUT2D eigenvalue weighted by Gasteiger charge is -2.06. The normalized spacial score (nSPS) is 12.0. The van der Waals surface area contributed by atoms with Crippen LogP contribution in [0.2, 0.25) is 0 Å². The second-order valence-electron chi connectivity index (χ2n) is 7.01. The molecule has 0 bridgehead atoms. The van der Waals surface area contributed by atoms with Crippen LogP contribution in [0.1, 0.15) is 30.9 Å². The van der Waals surface area contributed by atoms with E-state index in [9.17, 15) is 9.59 Å². The number of fused-ring (bicyclic) bond motifs is 3. The molecule has 31 heavy (non-hydrogen) atoms. The molecule has 0 fully saturated rings. The first-order valence-corrected chi connectivity index (χ1v) is 9.65. The summed E-state index contributed by atoms with van der Waals surface area (Å²) in [5.74, 6) is -2.59. The van der Waals surface area contributed by atoms with Gasteiger partial charge in [0.1, 0.15) is 23.3 Å². The first kappa shape index (κ1) is 21.4. The molecule has 0 saturated heterocycles. The number of carboxylic acid groups (broad SMARTS) is 2. The van der Waals surface area contributed by atoms with Crippen LogP contribution < -0.4 is 0 Å². The Balaban J connectivity index is 2.28. The van der Waals surface area contributed by atoms with E-state index in [-0.39, 0.29) is 11.1 Å². The van der Waals surface area contributed by atoms with Gasteiger partial charge in [-0.1, -0.05) is 25.5 Å². The van der Waals surface area contributed by atoms with E-state index in [0.717, 1.165) is 41.2 Å². The lowest BCUT2D eigenvalue weighted by Crippen LogP contribution is -1.98. The molecule has 154 valence electrons. The minimum absolute atomic E-state index is 0.363. The summed E-state index contributed by atoms with van der Waals surface area (Å²) in [6, 6.07) is 14.3. The molecule has 0 aliphatic carbocycles. The summed E-state index contributed by atoms with van der Waals surface area (Å²) >= 11 is 0. The molecule has 2 aromatic carbocycles. The van der Waals surface area contributed by atoms with E-state index in [1.54, 1.807) is 24.3 Å². The number of aryl methyl sites for hydroxylation is 1. The predicted molar refractivity (Wildman–Crippen MR) is 117 cm³/mol. The molecule has 2 N–H and O–H groups in total. The number of rotatable bonds is 7. The second-order valence-corrected chi connectivity index (χ2v) is 7.01. The first-order chi connectivity index (χ1) is 14.9. The third kappa shape index (κ3) is 4.31. The highest BCUT2D eigenvalue weighted by molar-refractivity contribution is 6.10. The number of aromatic nitrogens is 1. The van der Waals surface area contributed by atoms with Gasteiger partial charge in [-0.25, -0.2) is 9.59 Å². The molecule has 0 aliphatic rings. The quantitative estimate of drug-likeness (QED) is 0.431. The lowest BCUT2D eigenvalue weighted by atomic mass is 10.0. The fourth-order valence-corrected chi connectivity index (χ4v) is 3.49. The van der Waals surface area contributed by atoms with Gasteiger partial charge in [0.05, 0.1) is 0 Å².